The van der Waals surface area contributed by atoms with Crippen LogP contribution < -0.4 is 4.90 Å². The minimum atomic E-state index is -3.33. The molecule has 2 heterocycles. The number of nitrogens with zero attached hydrogens (tertiary/aromatic N) is 2. The first-order valence-electron chi connectivity index (χ1n) is 7.98. The third-order valence-corrected chi connectivity index (χ3v) is 8.65. The summed E-state index contributed by atoms with van der Waals surface area (Å²) in [5.41, 5.74) is 2.32. The van der Waals surface area contributed by atoms with E-state index in [4.69, 9.17) is 11.6 Å². The van der Waals surface area contributed by atoms with Gasteiger partial charge >= 0.3 is 0 Å². The van der Waals surface area contributed by atoms with Crippen molar-refractivity contribution in [1.29, 1.82) is 0 Å². The van der Waals surface area contributed by atoms with Gasteiger partial charge in [0.2, 0.25) is 10.0 Å². The maximum atomic E-state index is 13.1. The molecule has 0 N–H and O–H groups in total. The van der Waals surface area contributed by atoms with Gasteiger partial charge < -0.3 is 4.90 Å². The van der Waals surface area contributed by atoms with Gasteiger partial charge in [0.25, 0.3) is 0 Å². The lowest BCUT2D eigenvalue weighted by Crippen LogP contribution is -2.45. The average molecular weight is 341 g/mol. The van der Waals surface area contributed by atoms with Gasteiger partial charge in [-0.25, -0.2) is 8.42 Å². The number of sulfonamides is 1. The first kappa shape index (κ1) is 14.8. The maximum Gasteiger partial charge on any atom is 0.221 e. The zero-order valence-corrected chi connectivity index (χ0v) is 14.1. The Morgan fingerprint density at radius 2 is 2.05 bits per heavy atom. The molecule has 4 nitrogen and oxygen atoms in total. The molecule has 0 radical (unpaired) electrons. The predicted molar refractivity (Wildman–Crippen MR) is 88.8 cm³/mol. The Bertz CT molecular complexity index is 687. The van der Waals surface area contributed by atoms with Gasteiger partial charge in [-0.15, -0.1) is 11.6 Å². The fraction of sp³-hybridized carbons (Fsp3) is 0.625. The SMILES string of the molecule is O=S(=O)(N1Cc2ccccc2N2CCC[C@@H]2C1)C1(CCl)CC1. The van der Waals surface area contributed by atoms with Gasteiger partial charge in [-0.1, -0.05) is 18.2 Å². The van der Waals surface area contributed by atoms with Crippen molar-refractivity contribution in [1.82, 2.24) is 4.31 Å². The van der Waals surface area contributed by atoms with Crippen LogP contribution in [0.5, 0.6) is 0 Å². The fourth-order valence-electron chi connectivity index (χ4n) is 3.81. The number of rotatable bonds is 3. The summed E-state index contributed by atoms with van der Waals surface area (Å²) in [5, 5.41) is 0. The van der Waals surface area contributed by atoms with Crippen molar-refractivity contribution >= 4 is 27.3 Å². The predicted octanol–water partition coefficient (Wildman–Crippen LogP) is 2.57. The van der Waals surface area contributed by atoms with Crippen LogP contribution in [0, 0.1) is 0 Å². The maximum absolute atomic E-state index is 13.1. The van der Waals surface area contributed by atoms with Gasteiger partial charge in [-0.2, -0.15) is 4.31 Å². The van der Waals surface area contributed by atoms with Gasteiger partial charge in [0.05, 0.1) is 0 Å². The van der Waals surface area contributed by atoms with Crippen LogP contribution in [-0.2, 0) is 16.6 Å². The summed E-state index contributed by atoms with van der Waals surface area (Å²) < 4.78 is 27.2. The standard InChI is InChI=1S/C16H21ClN2O2S/c17-12-16(7-8-16)22(20,21)18-10-13-4-1-2-6-15(13)19-9-3-5-14(19)11-18/h1-2,4,6,14H,3,5,7-12H2/t14-/m1/s1. The molecular formula is C16H21ClN2O2S. The number of benzene rings is 1. The number of hydrogen-bond acceptors (Lipinski definition) is 3. The molecule has 22 heavy (non-hydrogen) atoms. The molecule has 6 heteroatoms. The van der Waals surface area contributed by atoms with Crippen molar-refractivity contribution in [3.63, 3.8) is 0 Å². The first-order valence-corrected chi connectivity index (χ1v) is 9.95. The molecule has 2 aliphatic heterocycles. The largest absolute Gasteiger partial charge is 0.367 e. The van der Waals surface area contributed by atoms with Crippen LogP contribution in [0.25, 0.3) is 0 Å². The molecule has 4 rings (SSSR count). The van der Waals surface area contributed by atoms with E-state index in [9.17, 15) is 8.42 Å². The van der Waals surface area contributed by atoms with E-state index >= 15 is 0 Å². The first-order chi connectivity index (χ1) is 10.6. The third kappa shape index (κ3) is 2.09. The summed E-state index contributed by atoms with van der Waals surface area (Å²) in [6.07, 6.45) is 3.60. The number of alkyl halides is 1. The highest BCUT2D eigenvalue weighted by atomic mass is 35.5. The molecular weight excluding hydrogens is 320 g/mol. The van der Waals surface area contributed by atoms with Crippen molar-refractivity contribution in [3.8, 4) is 0 Å². The lowest BCUT2D eigenvalue weighted by atomic mass is 10.1. The van der Waals surface area contributed by atoms with Gasteiger partial charge in [-0.3, -0.25) is 0 Å². The van der Waals surface area contributed by atoms with Crippen LogP contribution in [0.15, 0.2) is 24.3 Å². The second-order valence-electron chi connectivity index (χ2n) is 6.73. The van der Waals surface area contributed by atoms with Gasteiger partial charge in [0, 0.05) is 37.2 Å². The topological polar surface area (TPSA) is 40.6 Å². The molecule has 1 aliphatic carbocycles. The fourth-order valence-corrected chi connectivity index (χ4v) is 6.48. The quantitative estimate of drug-likeness (QED) is 0.794. The summed E-state index contributed by atoms with van der Waals surface area (Å²) >= 11 is 6.00. The number of anilines is 1. The molecule has 1 aromatic carbocycles. The second-order valence-corrected chi connectivity index (χ2v) is 9.33. The van der Waals surface area contributed by atoms with E-state index in [0.29, 0.717) is 32.0 Å². The highest BCUT2D eigenvalue weighted by molar-refractivity contribution is 7.90. The van der Waals surface area contributed by atoms with Crippen molar-refractivity contribution in [2.45, 2.75) is 43.0 Å². The van der Waals surface area contributed by atoms with Crippen molar-refractivity contribution in [2.24, 2.45) is 0 Å². The van der Waals surface area contributed by atoms with E-state index in [1.54, 1.807) is 4.31 Å². The molecule has 1 saturated heterocycles. The highest BCUT2D eigenvalue weighted by Crippen LogP contribution is 2.47. The molecule has 0 bridgehead atoms. The van der Waals surface area contributed by atoms with Crippen LogP contribution in [0.1, 0.15) is 31.2 Å². The molecule has 1 aromatic rings. The Morgan fingerprint density at radius 1 is 1.27 bits per heavy atom. The molecule has 0 aromatic heterocycles. The van der Waals surface area contributed by atoms with Crippen LogP contribution in [0.4, 0.5) is 5.69 Å². The third-order valence-electron chi connectivity index (χ3n) is 5.38. The summed E-state index contributed by atoms with van der Waals surface area (Å²) in [6, 6.07) is 8.51. The average Bonchev–Trinajstić information content (AvgIpc) is 3.24. The van der Waals surface area contributed by atoms with Gasteiger partial charge in [-0.05, 0) is 37.3 Å². The molecule has 2 fully saturated rings. The van der Waals surface area contributed by atoms with Gasteiger partial charge in [0.1, 0.15) is 4.75 Å². The van der Waals surface area contributed by atoms with Crippen LogP contribution in [0.3, 0.4) is 0 Å². The summed E-state index contributed by atoms with van der Waals surface area (Å²) in [5.74, 6) is 0.210. The van der Waals surface area contributed by atoms with Crippen molar-refractivity contribution in [2.75, 3.05) is 23.9 Å². The summed E-state index contributed by atoms with van der Waals surface area (Å²) in [4.78, 5) is 2.39. The van der Waals surface area contributed by atoms with E-state index < -0.39 is 14.8 Å². The number of halogens is 1. The normalized spacial score (nSPS) is 27.1. The Morgan fingerprint density at radius 3 is 2.77 bits per heavy atom. The molecule has 0 amide bonds. The Balaban J connectivity index is 1.74. The number of para-hydroxylation sites is 1. The number of hydrogen-bond donors (Lipinski definition) is 0. The molecule has 0 unspecified atom stereocenters. The summed E-state index contributed by atoms with van der Waals surface area (Å²) in [6.45, 7) is 2.09. The van der Waals surface area contributed by atoms with Crippen LogP contribution >= 0.6 is 11.6 Å². The molecule has 120 valence electrons. The van der Waals surface area contributed by atoms with Crippen molar-refractivity contribution in [3.05, 3.63) is 29.8 Å². The van der Waals surface area contributed by atoms with Gasteiger partial charge in [0.15, 0.2) is 0 Å². The van der Waals surface area contributed by atoms with E-state index in [1.165, 1.54) is 5.69 Å². The van der Waals surface area contributed by atoms with Crippen LogP contribution in [0.2, 0.25) is 0 Å². The van der Waals surface area contributed by atoms with E-state index in [0.717, 1.165) is 24.9 Å². The zero-order valence-electron chi connectivity index (χ0n) is 12.5. The number of fused-ring (bicyclic) bond motifs is 3. The minimum Gasteiger partial charge on any atom is -0.367 e. The van der Waals surface area contributed by atoms with Crippen molar-refractivity contribution < 1.29 is 8.42 Å². The lowest BCUT2D eigenvalue weighted by Gasteiger charge is -2.29. The Hall–Kier alpha value is -0.780. The smallest absolute Gasteiger partial charge is 0.221 e. The lowest BCUT2D eigenvalue weighted by molar-refractivity contribution is 0.381. The minimum absolute atomic E-state index is 0.210. The van der Waals surface area contributed by atoms with E-state index in [-0.39, 0.29) is 5.88 Å². The molecule has 0 spiro atoms. The monoisotopic (exact) mass is 340 g/mol. The highest BCUT2D eigenvalue weighted by Gasteiger charge is 2.57. The Kier molecular flexibility index (Phi) is 3.44. The van der Waals surface area contributed by atoms with E-state index in [2.05, 4.69) is 17.0 Å². The molecule has 1 atom stereocenters. The van der Waals surface area contributed by atoms with E-state index in [1.807, 2.05) is 12.1 Å². The van der Waals surface area contributed by atoms with Crippen LogP contribution in [-0.4, -0.2) is 42.5 Å². The molecule has 1 saturated carbocycles. The molecule has 3 aliphatic rings. The zero-order chi connectivity index (χ0) is 15.4. The second kappa shape index (κ2) is 5.11. The summed E-state index contributed by atoms with van der Waals surface area (Å²) in [7, 11) is -3.33. The Labute approximate surface area is 137 Å².